The quantitative estimate of drug-likeness (QED) is 0.229. The van der Waals surface area contributed by atoms with Crippen LogP contribution in [0.2, 0.25) is 0 Å². The monoisotopic (exact) mass is 566 g/mol. The Kier molecular flexibility index (Phi) is 11.2. The standard InChI is InChI=1S/2C14H16O3S.Ca/c2*1-3-10-5-6-12-8-7-11(4-2)14(13(12)9-10)18(15,16)17;/h2*5-9H,3-4H2,1-2H3,(H,15,16,17);/q;;+2/p-2. The van der Waals surface area contributed by atoms with E-state index in [1.54, 1.807) is 24.3 Å². The van der Waals surface area contributed by atoms with E-state index in [0.29, 0.717) is 34.7 Å². The van der Waals surface area contributed by atoms with Gasteiger partial charge in [-0.05, 0) is 81.6 Å². The van der Waals surface area contributed by atoms with E-state index in [-0.39, 0.29) is 47.5 Å². The molecule has 9 heteroatoms. The first kappa shape index (κ1) is 31.7. The van der Waals surface area contributed by atoms with Gasteiger partial charge in [-0.1, -0.05) is 76.2 Å². The molecule has 0 saturated heterocycles. The van der Waals surface area contributed by atoms with Crippen LogP contribution in [0.1, 0.15) is 49.9 Å². The van der Waals surface area contributed by atoms with Crippen molar-refractivity contribution in [1.29, 1.82) is 0 Å². The van der Waals surface area contributed by atoms with E-state index in [1.807, 2.05) is 64.1 Å². The second-order valence-corrected chi connectivity index (χ2v) is 11.2. The van der Waals surface area contributed by atoms with Gasteiger partial charge in [-0.25, -0.2) is 16.8 Å². The molecule has 0 atom stereocenters. The maximum absolute atomic E-state index is 11.5. The van der Waals surface area contributed by atoms with Crippen LogP contribution in [-0.4, -0.2) is 63.7 Å². The van der Waals surface area contributed by atoms with E-state index in [4.69, 9.17) is 0 Å². The zero-order valence-corrected chi connectivity index (χ0v) is 25.4. The fourth-order valence-electron chi connectivity index (χ4n) is 4.36. The molecule has 0 unspecified atom stereocenters. The van der Waals surface area contributed by atoms with Crippen LogP contribution in [0.5, 0.6) is 0 Å². The van der Waals surface area contributed by atoms with Crippen LogP contribution in [0.4, 0.5) is 0 Å². The normalized spacial score (nSPS) is 11.6. The third-order valence-corrected chi connectivity index (χ3v) is 8.28. The first-order chi connectivity index (χ1) is 16.9. The number of fused-ring (bicyclic) bond motifs is 2. The van der Waals surface area contributed by atoms with Crippen molar-refractivity contribution in [1.82, 2.24) is 0 Å². The molecule has 37 heavy (non-hydrogen) atoms. The minimum atomic E-state index is -4.45. The average molecular weight is 567 g/mol. The van der Waals surface area contributed by atoms with Gasteiger partial charge in [0.05, 0.1) is 9.79 Å². The van der Waals surface area contributed by atoms with Gasteiger partial charge in [-0.2, -0.15) is 0 Å². The molecule has 0 aromatic heterocycles. The Morgan fingerprint density at radius 3 is 1.14 bits per heavy atom. The molecule has 0 aliphatic heterocycles. The van der Waals surface area contributed by atoms with Crippen LogP contribution >= 0.6 is 0 Å². The Hall–Kier alpha value is -1.52. The molecule has 0 aliphatic carbocycles. The fourth-order valence-corrected chi connectivity index (χ4v) is 6.32. The molecule has 0 heterocycles. The van der Waals surface area contributed by atoms with Crippen LogP contribution in [0.3, 0.4) is 0 Å². The van der Waals surface area contributed by atoms with Crippen molar-refractivity contribution in [2.24, 2.45) is 0 Å². The Bertz CT molecular complexity index is 1490. The van der Waals surface area contributed by atoms with Gasteiger partial charge in [0.1, 0.15) is 20.2 Å². The minimum absolute atomic E-state index is 0. The van der Waals surface area contributed by atoms with Crippen LogP contribution in [0.25, 0.3) is 21.5 Å². The molecular formula is C28H30CaO6S2. The number of aryl methyl sites for hydroxylation is 4. The summed E-state index contributed by atoms with van der Waals surface area (Å²) < 4.78 is 68.8. The average Bonchev–Trinajstić information content (AvgIpc) is 2.85. The van der Waals surface area contributed by atoms with Gasteiger partial charge >= 0.3 is 37.7 Å². The molecule has 0 saturated carbocycles. The van der Waals surface area contributed by atoms with Gasteiger partial charge in [0.15, 0.2) is 0 Å². The summed E-state index contributed by atoms with van der Waals surface area (Å²) >= 11 is 0. The van der Waals surface area contributed by atoms with E-state index in [2.05, 4.69) is 0 Å². The Morgan fingerprint density at radius 2 is 0.865 bits per heavy atom. The maximum Gasteiger partial charge on any atom is 2.00 e. The second kappa shape index (κ2) is 13.0. The summed E-state index contributed by atoms with van der Waals surface area (Å²) in [6, 6.07) is 18.4. The summed E-state index contributed by atoms with van der Waals surface area (Å²) in [4.78, 5) is -0.115. The van der Waals surface area contributed by atoms with Crippen molar-refractivity contribution in [2.75, 3.05) is 0 Å². The smallest absolute Gasteiger partial charge is 0.744 e. The molecule has 192 valence electrons. The van der Waals surface area contributed by atoms with Gasteiger partial charge in [0.2, 0.25) is 0 Å². The van der Waals surface area contributed by atoms with Crippen molar-refractivity contribution in [3.8, 4) is 0 Å². The zero-order chi connectivity index (χ0) is 26.7. The molecule has 4 aromatic carbocycles. The molecule has 4 rings (SSSR count). The van der Waals surface area contributed by atoms with Crippen LogP contribution < -0.4 is 0 Å². The van der Waals surface area contributed by atoms with Crippen molar-refractivity contribution < 1.29 is 25.9 Å². The molecule has 0 amide bonds. The van der Waals surface area contributed by atoms with E-state index in [1.165, 1.54) is 0 Å². The van der Waals surface area contributed by atoms with Crippen LogP contribution in [0.15, 0.2) is 70.5 Å². The second-order valence-electron chi connectivity index (χ2n) is 8.54. The minimum Gasteiger partial charge on any atom is -0.744 e. The van der Waals surface area contributed by atoms with Crippen molar-refractivity contribution in [3.05, 3.63) is 82.9 Å². The van der Waals surface area contributed by atoms with E-state index >= 15 is 0 Å². The van der Waals surface area contributed by atoms with Gasteiger partial charge in [0, 0.05) is 0 Å². The Balaban J connectivity index is 0.000000253. The zero-order valence-electron chi connectivity index (χ0n) is 21.6. The summed E-state index contributed by atoms with van der Waals surface area (Å²) in [5.41, 5.74) is 3.23. The molecular weight excluding hydrogens is 537 g/mol. The number of hydrogen-bond acceptors (Lipinski definition) is 6. The number of rotatable bonds is 6. The predicted molar refractivity (Wildman–Crippen MR) is 147 cm³/mol. The van der Waals surface area contributed by atoms with E-state index < -0.39 is 20.2 Å². The van der Waals surface area contributed by atoms with Crippen molar-refractivity contribution in [3.63, 3.8) is 0 Å². The molecule has 6 nitrogen and oxygen atoms in total. The summed E-state index contributed by atoms with van der Waals surface area (Å²) in [7, 11) is -8.89. The summed E-state index contributed by atoms with van der Waals surface area (Å²) in [5.74, 6) is 0. The summed E-state index contributed by atoms with van der Waals surface area (Å²) in [5, 5.41) is 2.67. The Morgan fingerprint density at radius 1 is 0.541 bits per heavy atom. The first-order valence-corrected chi connectivity index (χ1v) is 14.8. The van der Waals surface area contributed by atoms with Crippen LogP contribution in [0, 0.1) is 0 Å². The third-order valence-electron chi connectivity index (χ3n) is 6.31. The molecule has 4 aromatic rings. The van der Waals surface area contributed by atoms with Crippen molar-refractivity contribution >= 4 is 79.5 Å². The molecule has 0 bridgehead atoms. The van der Waals surface area contributed by atoms with E-state index in [9.17, 15) is 25.9 Å². The number of hydrogen-bond donors (Lipinski definition) is 0. The van der Waals surface area contributed by atoms with Gasteiger partial charge in [-0.15, -0.1) is 0 Å². The molecule has 0 fully saturated rings. The summed E-state index contributed by atoms with van der Waals surface area (Å²) in [6.07, 6.45) is 2.68. The molecule has 0 spiro atoms. The molecule has 0 radical (unpaired) electrons. The topological polar surface area (TPSA) is 114 Å². The van der Waals surface area contributed by atoms with Crippen molar-refractivity contribution in [2.45, 2.75) is 63.2 Å². The van der Waals surface area contributed by atoms with Crippen LogP contribution in [-0.2, 0) is 45.9 Å². The van der Waals surface area contributed by atoms with E-state index in [0.717, 1.165) is 34.7 Å². The maximum atomic E-state index is 11.5. The SMILES string of the molecule is CCc1ccc2ccc(CC)c(S(=O)(=O)[O-])c2c1.CCc1ccc2ccc(CC)c(S(=O)(=O)[O-])c2c1.[Ca+2]. The summed E-state index contributed by atoms with van der Waals surface area (Å²) in [6.45, 7) is 7.69. The Labute approximate surface area is 249 Å². The number of benzene rings is 4. The molecule has 0 N–H and O–H groups in total. The fraction of sp³-hybridized carbons (Fsp3) is 0.286. The first-order valence-electron chi connectivity index (χ1n) is 11.9. The molecule has 0 aliphatic rings. The van der Waals surface area contributed by atoms with Gasteiger partial charge in [-0.3, -0.25) is 0 Å². The van der Waals surface area contributed by atoms with Gasteiger partial charge < -0.3 is 9.11 Å². The van der Waals surface area contributed by atoms with Gasteiger partial charge in [0.25, 0.3) is 0 Å². The predicted octanol–water partition coefficient (Wildman–Crippen LogP) is 5.36. The third kappa shape index (κ3) is 7.32. The largest absolute Gasteiger partial charge is 2.00 e.